The molecule has 29 heavy (non-hydrogen) atoms. The van der Waals surface area contributed by atoms with Gasteiger partial charge in [0.15, 0.2) is 6.04 Å². The fourth-order valence-electron chi connectivity index (χ4n) is 3.63. The van der Waals surface area contributed by atoms with Gasteiger partial charge in [0.1, 0.15) is 0 Å². The summed E-state index contributed by atoms with van der Waals surface area (Å²) in [6.07, 6.45) is 0.858. The Hall–Kier alpha value is -2.86. The molecule has 0 aromatic heterocycles. The average molecular weight is 415 g/mol. The van der Waals surface area contributed by atoms with Crippen LogP contribution in [0.5, 0.6) is 0 Å². The van der Waals surface area contributed by atoms with Crippen LogP contribution in [0.15, 0.2) is 54.6 Å². The van der Waals surface area contributed by atoms with Crippen LogP contribution >= 0.6 is 11.6 Å². The van der Waals surface area contributed by atoms with Crippen molar-refractivity contribution in [3.8, 4) is 0 Å². The first-order chi connectivity index (χ1) is 13.8. The van der Waals surface area contributed by atoms with E-state index in [4.69, 9.17) is 11.6 Å². The van der Waals surface area contributed by atoms with Crippen molar-refractivity contribution in [2.45, 2.75) is 31.8 Å². The summed E-state index contributed by atoms with van der Waals surface area (Å²) in [7, 11) is 1.57. The third kappa shape index (κ3) is 4.27. The number of hydrogen-bond acceptors (Lipinski definition) is 3. The molecule has 1 fully saturated rings. The first-order valence-corrected chi connectivity index (χ1v) is 9.81. The van der Waals surface area contributed by atoms with E-state index in [2.05, 4.69) is 0 Å². The van der Waals surface area contributed by atoms with E-state index in [0.29, 0.717) is 17.9 Å². The van der Waals surface area contributed by atoms with Gasteiger partial charge < -0.3 is 10.0 Å². The van der Waals surface area contributed by atoms with Crippen LogP contribution in [-0.4, -0.2) is 45.9 Å². The molecule has 152 valence electrons. The molecule has 3 amide bonds. The standard InChI is InChI=1S/C22H23ClN2O4/c1-14(16-8-4-3-5-9-16)24(2)22(29)25-19(21(27)28)18(20(25)26)12-11-15-7-6-10-17(23)13-15/h3-10,13-14,18-19H,11-12H2,1-2H3,(H,27,28)/t14-,18-,19+/m1/s1. The molecule has 2 aromatic rings. The predicted octanol–water partition coefficient (Wildman–Crippen LogP) is 4.00. The largest absolute Gasteiger partial charge is 0.480 e. The number of hydrogen-bond donors (Lipinski definition) is 1. The second-order valence-electron chi connectivity index (χ2n) is 7.25. The fourth-order valence-corrected chi connectivity index (χ4v) is 3.84. The first kappa shape index (κ1) is 20.9. The van der Waals surface area contributed by atoms with Gasteiger partial charge in [-0.05, 0) is 43.0 Å². The maximum atomic E-state index is 12.9. The van der Waals surface area contributed by atoms with E-state index in [1.54, 1.807) is 19.2 Å². The maximum absolute atomic E-state index is 12.9. The Morgan fingerprint density at radius 2 is 1.86 bits per heavy atom. The number of imide groups is 1. The van der Waals surface area contributed by atoms with Crippen molar-refractivity contribution in [3.05, 3.63) is 70.7 Å². The van der Waals surface area contributed by atoms with Gasteiger partial charge in [0.2, 0.25) is 5.91 Å². The van der Waals surface area contributed by atoms with E-state index in [1.807, 2.05) is 49.4 Å². The summed E-state index contributed by atoms with van der Waals surface area (Å²) >= 11 is 5.98. The number of carbonyl (C=O) groups excluding carboxylic acids is 2. The van der Waals surface area contributed by atoms with Crippen LogP contribution in [0, 0.1) is 5.92 Å². The minimum absolute atomic E-state index is 0.295. The minimum Gasteiger partial charge on any atom is -0.480 e. The van der Waals surface area contributed by atoms with Crippen molar-refractivity contribution in [3.63, 3.8) is 0 Å². The average Bonchev–Trinajstić information content (AvgIpc) is 2.71. The summed E-state index contributed by atoms with van der Waals surface area (Å²) < 4.78 is 0. The number of carboxylic acid groups (broad SMARTS) is 1. The van der Waals surface area contributed by atoms with E-state index < -0.39 is 29.9 Å². The number of nitrogens with zero attached hydrogens (tertiary/aromatic N) is 2. The molecule has 1 saturated heterocycles. The minimum atomic E-state index is -1.17. The lowest BCUT2D eigenvalue weighted by Crippen LogP contribution is -2.68. The summed E-state index contributed by atoms with van der Waals surface area (Å²) in [4.78, 5) is 39.6. The van der Waals surface area contributed by atoms with Crippen molar-refractivity contribution in [1.82, 2.24) is 9.80 Å². The van der Waals surface area contributed by atoms with Crippen LogP contribution in [0.25, 0.3) is 0 Å². The molecule has 1 heterocycles. The van der Waals surface area contributed by atoms with Gasteiger partial charge in [-0.15, -0.1) is 0 Å². The van der Waals surface area contributed by atoms with Crippen molar-refractivity contribution in [1.29, 1.82) is 0 Å². The molecular formula is C22H23ClN2O4. The van der Waals surface area contributed by atoms with E-state index in [9.17, 15) is 19.5 Å². The smallest absolute Gasteiger partial charge is 0.327 e. The number of rotatable bonds is 6. The molecule has 2 aromatic carbocycles. The quantitative estimate of drug-likeness (QED) is 0.725. The third-order valence-corrected chi connectivity index (χ3v) is 5.71. The zero-order valence-corrected chi connectivity index (χ0v) is 17.0. The first-order valence-electron chi connectivity index (χ1n) is 9.43. The highest BCUT2D eigenvalue weighted by Gasteiger charge is 2.55. The molecule has 0 unspecified atom stereocenters. The third-order valence-electron chi connectivity index (χ3n) is 5.47. The van der Waals surface area contributed by atoms with E-state index in [-0.39, 0.29) is 6.04 Å². The van der Waals surface area contributed by atoms with Crippen LogP contribution < -0.4 is 0 Å². The number of aliphatic carboxylic acids is 1. The van der Waals surface area contributed by atoms with Gasteiger partial charge in [-0.1, -0.05) is 54.1 Å². The zero-order chi connectivity index (χ0) is 21.1. The monoisotopic (exact) mass is 414 g/mol. The number of carbonyl (C=O) groups is 3. The molecule has 0 bridgehead atoms. The van der Waals surface area contributed by atoms with Gasteiger partial charge in [0.25, 0.3) is 0 Å². The molecule has 1 N–H and O–H groups in total. The van der Waals surface area contributed by atoms with Crippen molar-refractivity contribution in [2.24, 2.45) is 5.92 Å². The van der Waals surface area contributed by atoms with Crippen LogP contribution in [0.1, 0.15) is 30.5 Å². The zero-order valence-electron chi connectivity index (χ0n) is 16.3. The normalized spacial score (nSPS) is 19.4. The lowest BCUT2D eigenvalue weighted by atomic mass is 9.83. The van der Waals surface area contributed by atoms with Crippen molar-refractivity contribution >= 4 is 29.5 Å². The number of aryl methyl sites for hydroxylation is 1. The van der Waals surface area contributed by atoms with Gasteiger partial charge >= 0.3 is 12.0 Å². The Kier molecular flexibility index (Phi) is 6.23. The van der Waals surface area contributed by atoms with Crippen LogP contribution in [-0.2, 0) is 16.0 Å². The number of halogens is 1. The Morgan fingerprint density at radius 1 is 1.17 bits per heavy atom. The highest BCUT2D eigenvalue weighted by molar-refractivity contribution is 6.30. The van der Waals surface area contributed by atoms with Gasteiger partial charge in [-0.2, -0.15) is 0 Å². The molecule has 0 aliphatic carbocycles. The molecule has 1 aliphatic heterocycles. The Labute approximate surface area is 174 Å². The van der Waals surface area contributed by atoms with Crippen LogP contribution in [0.3, 0.4) is 0 Å². The molecule has 1 aliphatic rings. The second-order valence-corrected chi connectivity index (χ2v) is 7.68. The SMILES string of the molecule is C[C@H](c1ccccc1)N(C)C(=O)N1C(=O)[C@H](CCc2cccc(Cl)c2)[C@H]1C(=O)O. The van der Waals surface area contributed by atoms with E-state index in [0.717, 1.165) is 16.0 Å². The molecular weight excluding hydrogens is 392 g/mol. The Bertz CT molecular complexity index is 918. The van der Waals surface area contributed by atoms with Crippen molar-refractivity contribution in [2.75, 3.05) is 7.05 Å². The summed E-state index contributed by atoms with van der Waals surface area (Å²) in [6, 6.07) is 14.6. The molecule has 3 rings (SSSR count). The second kappa shape index (κ2) is 8.66. The van der Waals surface area contributed by atoms with Gasteiger partial charge in [0.05, 0.1) is 12.0 Å². The summed E-state index contributed by atoms with van der Waals surface area (Å²) in [6.45, 7) is 1.84. The molecule has 6 nitrogen and oxygen atoms in total. The summed E-state index contributed by atoms with van der Waals surface area (Å²) in [5, 5.41) is 10.2. The topological polar surface area (TPSA) is 77.9 Å². The van der Waals surface area contributed by atoms with E-state index in [1.165, 1.54) is 4.90 Å². The number of urea groups is 1. The van der Waals surface area contributed by atoms with Gasteiger partial charge in [0, 0.05) is 12.1 Å². The number of benzene rings is 2. The lowest BCUT2D eigenvalue weighted by molar-refractivity contribution is -0.166. The van der Waals surface area contributed by atoms with E-state index >= 15 is 0 Å². The highest BCUT2D eigenvalue weighted by atomic mass is 35.5. The number of likely N-dealkylation sites (tertiary alicyclic amines) is 1. The number of β-lactam (4-membered cyclic amide) rings is 1. The summed E-state index contributed by atoms with van der Waals surface area (Å²) in [5.41, 5.74) is 1.83. The number of carboxylic acids is 1. The molecule has 0 radical (unpaired) electrons. The molecule has 0 spiro atoms. The van der Waals surface area contributed by atoms with Crippen LogP contribution in [0.4, 0.5) is 4.79 Å². The highest BCUT2D eigenvalue weighted by Crippen LogP contribution is 2.33. The van der Waals surface area contributed by atoms with Gasteiger partial charge in [-0.3, -0.25) is 4.79 Å². The Balaban J connectivity index is 1.70. The molecule has 0 saturated carbocycles. The molecule has 3 atom stereocenters. The maximum Gasteiger partial charge on any atom is 0.327 e. The van der Waals surface area contributed by atoms with Gasteiger partial charge in [-0.25, -0.2) is 14.5 Å². The summed E-state index contributed by atoms with van der Waals surface area (Å²) in [5.74, 6) is -2.35. The van der Waals surface area contributed by atoms with Crippen LogP contribution in [0.2, 0.25) is 5.02 Å². The number of amides is 3. The Morgan fingerprint density at radius 3 is 2.48 bits per heavy atom. The predicted molar refractivity (Wildman–Crippen MR) is 110 cm³/mol. The lowest BCUT2D eigenvalue weighted by Gasteiger charge is -2.45. The van der Waals surface area contributed by atoms with Crippen molar-refractivity contribution < 1.29 is 19.5 Å². The fraction of sp³-hybridized carbons (Fsp3) is 0.318. The molecule has 7 heteroatoms.